The van der Waals surface area contributed by atoms with Crippen LogP contribution in [0.2, 0.25) is 0 Å². The smallest absolute Gasteiger partial charge is 0.123 e. The SMILES string of the molecule is O[C@H](COCc1ccccc1)COc1cccc(-c2nccs2)c1. The molecule has 124 valence electrons. The summed E-state index contributed by atoms with van der Waals surface area (Å²) in [5.41, 5.74) is 2.10. The Morgan fingerprint density at radius 1 is 1.04 bits per heavy atom. The fraction of sp³-hybridized carbons (Fsp3) is 0.211. The predicted molar refractivity (Wildman–Crippen MR) is 95.1 cm³/mol. The van der Waals surface area contributed by atoms with Gasteiger partial charge in [-0.2, -0.15) is 0 Å². The molecule has 1 aromatic heterocycles. The molecule has 3 aromatic rings. The summed E-state index contributed by atoms with van der Waals surface area (Å²) in [5.74, 6) is 0.713. The number of aliphatic hydroxyl groups excluding tert-OH is 1. The van der Waals surface area contributed by atoms with Crippen molar-refractivity contribution in [3.05, 3.63) is 71.7 Å². The summed E-state index contributed by atoms with van der Waals surface area (Å²) in [6.07, 6.45) is 1.11. The van der Waals surface area contributed by atoms with Crippen molar-refractivity contribution in [1.82, 2.24) is 4.98 Å². The molecule has 0 aliphatic heterocycles. The van der Waals surface area contributed by atoms with Crippen LogP contribution in [-0.2, 0) is 11.3 Å². The largest absolute Gasteiger partial charge is 0.491 e. The van der Waals surface area contributed by atoms with Gasteiger partial charge in [0.2, 0.25) is 0 Å². The molecule has 1 atom stereocenters. The lowest BCUT2D eigenvalue weighted by molar-refractivity contribution is 0.00550. The predicted octanol–water partition coefficient (Wildman–Crippen LogP) is 3.77. The Balaban J connectivity index is 1.44. The van der Waals surface area contributed by atoms with Crippen molar-refractivity contribution >= 4 is 11.3 Å². The van der Waals surface area contributed by atoms with Crippen LogP contribution in [-0.4, -0.2) is 29.4 Å². The van der Waals surface area contributed by atoms with Crippen LogP contribution in [0.3, 0.4) is 0 Å². The van der Waals surface area contributed by atoms with Crippen molar-refractivity contribution in [3.63, 3.8) is 0 Å². The van der Waals surface area contributed by atoms with Gasteiger partial charge in [-0.1, -0.05) is 42.5 Å². The molecule has 0 fully saturated rings. The first-order chi connectivity index (χ1) is 11.8. The topological polar surface area (TPSA) is 51.6 Å². The highest BCUT2D eigenvalue weighted by molar-refractivity contribution is 7.13. The Morgan fingerprint density at radius 3 is 2.71 bits per heavy atom. The highest BCUT2D eigenvalue weighted by atomic mass is 32.1. The van der Waals surface area contributed by atoms with Crippen LogP contribution in [0.25, 0.3) is 10.6 Å². The fourth-order valence-corrected chi connectivity index (χ4v) is 2.85. The van der Waals surface area contributed by atoms with Crippen molar-refractivity contribution in [3.8, 4) is 16.3 Å². The lowest BCUT2D eigenvalue weighted by Gasteiger charge is -2.13. The van der Waals surface area contributed by atoms with Gasteiger partial charge in [0.15, 0.2) is 0 Å². The minimum Gasteiger partial charge on any atom is -0.491 e. The minimum atomic E-state index is -0.669. The number of aromatic nitrogens is 1. The van der Waals surface area contributed by atoms with Crippen LogP contribution in [0, 0.1) is 0 Å². The number of aliphatic hydroxyl groups is 1. The van der Waals surface area contributed by atoms with Crippen molar-refractivity contribution in [1.29, 1.82) is 0 Å². The van der Waals surface area contributed by atoms with Gasteiger partial charge in [-0.3, -0.25) is 0 Å². The summed E-state index contributed by atoms with van der Waals surface area (Å²) in [6.45, 7) is 0.911. The summed E-state index contributed by atoms with van der Waals surface area (Å²) in [4.78, 5) is 4.29. The van der Waals surface area contributed by atoms with Gasteiger partial charge in [0.1, 0.15) is 23.5 Å². The number of benzene rings is 2. The molecule has 0 bridgehead atoms. The molecular weight excluding hydrogens is 322 g/mol. The first-order valence-corrected chi connectivity index (χ1v) is 8.62. The van der Waals surface area contributed by atoms with E-state index in [-0.39, 0.29) is 13.2 Å². The Kier molecular flexibility index (Phi) is 5.96. The first kappa shape index (κ1) is 16.6. The number of nitrogens with zero attached hydrogens (tertiary/aromatic N) is 1. The van der Waals surface area contributed by atoms with Gasteiger partial charge >= 0.3 is 0 Å². The number of hydrogen-bond acceptors (Lipinski definition) is 5. The zero-order valence-corrected chi connectivity index (χ0v) is 14.0. The van der Waals surface area contributed by atoms with Crippen molar-refractivity contribution < 1.29 is 14.6 Å². The Labute approximate surface area is 145 Å². The number of rotatable bonds is 8. The average molecular weight is 341 g/mol. The van der Waals surface area contributed by atoms with Crippen molar-refractivity contribution in [2.45, 2.75) is 12.7 Å². The van der Waals surface area contributed by atoms with Crippen LogP contribution >= 0.6 is 11.3 Å². The highest BCUT2D eigenvalue weighted by Gasteiger charge is 2.07. The lowest BCUT2D eigenvalue weighted by atomic mass is 10.2. The Hall–Kier alpha value is -2.21. The molecular formula is C19H19NO3S. The standard InChI is InChI=1S/C19H19NO3S/c21-17(13-22-12-15-5-2-1-3-6-15)14-23-18-8-4-7-16(11-18)19-20-9-10-24-19/h1-11,17,21H,12-14H2/t17-/m1/s1. The molecule has 0 aliphatic rings. The summed E-state index contributed by atoms with van der Waals surface area (Å²) in [6, 6.07) is 17.6. The Morgan fingerprint density at radius 2 is 1.92 bits per heavy atom. The van der Waals surface area contributed by atoms with E-state index >= 15 is 0 Å². The van der Waals surface area contributed by atoms with Crippen LogP contribution in [0.4, 0.5) is 0 Å². The zero-order chi connectivity index (χ0) is 16.6. The fourth-order valence-electron chi connectivity index (χ4n) is 2.21. The molecule has 24 heavy (non-hydrogen) atoms. The third kappa shape index (κ3) is 4.89. The van der Waals surface area contributed by atoms with E-state index in [1.54, 1.807) is 17.5 Å². The molecule has 0 aliphatic carbocycles. The van der Waals surface area contributed by atoms with Gasteiger partial charge < -0.3 is 14.6 Å². The molecule has 0 saturated heterocycles. The van der Waals surface area contributed by atoms with Crippen LogP contribution in [0.1, 0.15) is 5.56 Å². The summed E-state index contributed by atoms with van der Waals surface area (Å²) in [5, 5.41) is 12.9. The molecule has 1 heterocycles. The second-order valence-electron chi connectivity index (χ2n) is 5.33. The van der Waals surface area contributed by atoms with E-state index in [4.69, 9.17) is 9.47 Å². The maximum absolute atomic E-state index is 9.98. The van der Waals surface area contributed by atoms with Crippen molar-refractivity contribution in [2.75, 3.05) is 13.2 Å². The quantitative estimate of drug-likeness (QED) is 0.678. The Bertz CT molecular complexity index is 731. The van der Waals surface area contributed by atoms with Crippen LogP contribution in [0.5, 0.6) is 5.75 Å². The molecule has 1 N–H and O–H groups in total. The van der Waals surface area contributed by atoms with Crippen LogP contribution in [0.15, 0.2) is 66.2 Å². The summed E-state index contributed by atoms with van der Waals surface area (Å²) >= 11 is 1.58. The van der Waals surface area contributed by atoms with E-state index in [1.807, 2.05) is 60.0 Å². The summed E-state index contributed by atoms with van der Waals surface area (Å²) in [7, 11) is 0. The van der Waals surface area contributed by atoms with E-state index in [0.29, 0.717) is 12.4 Å². The molecule has 0 spiro atoms. The molecule has 0 saturated carbocycles. The van der Waals surface area contributed by atoms with E-state index in [9.17, 15) is 5.11 Å². The lowest BCUT2D eigenvalue weighted by Crippen LogP contribution is -2.23. The number of ether oxygens (including phenoxy) is 2. The molecule has 0 unspecified atom stereocenters. The third-order valence-electron chi connectivity index (χ3n) is 3.38. The van der Waals surface area contributed by atoms with Crippen LogP contribution < -0.4 is 4.74 Å². The minimum absolute atomic E-state index is 0.191. The van der Waals surface area contributed by atoms with Gasteiger partial charge in [0.05, 0.1) is 13.2 Å². The maximum atomic E-state index is 9.98. The molecule has 5 heteroatoms. The third-order valence-corrected chi connectivity index (χ3v) is 4.20. The average Bonchev–Trinajstić information content (AvgIpc) is 3.16. The maximum Gasteiger partial charge on any atom is 0.123 e. The molecule has 2 aromatic carbocycles. The van der Waals surface area contributed by atoms with Gasteiger partial charge in [-0.15, -0.1) is 11.3 Å². The number of hydrogen-bond donors (Lipinski definition) is 1. The van der Waals surface area contributed by atoms with E-state index in [1.165, 1.54) is 0 Å². The second kappa shape index (κ2) is 8.59. The normalized spacial score (nSPS) is 12.0. The van der Waals surface area contributed by atoms with E-state index in [2.05, 4.69) is 4.98 Å². The van der Waals surface area contributed by atoms with E-state index < -0.39 is 6.10 Å². The molecule has 0 amide bonds. The molecule has 3 rings (SSSR count). The summed E-state index contributed by atoms with van der Waals surface area (Å²) < 4.78 is 11.2. The van der Waals surface area contributed by atoms with E-state index in [0.717, 1.165) is 16.1 Å². The second-order valence-corrected chi connectivity index (χ2v) is 6.23. The highest BCUT2D eigenvalue weighted by Crippen LogP contribution is 2.25. The zero-order valence-electron chi connectivity index (χ0n) is 13.2. The van der Waals surface area contributed by atoms with Gasteiger partial charge in [-0.05, 0) is 17.7 Å². The van der Waals surface area contributed by atoms with Gasteiger partial charge in [-0.25, -0.2) is 4.98 Å². The van der Waals surface area contributed by atoms with Gasteiger partial charge in [0.25, 0.3) is 0 Å². The van der Waals surface area contributed by atoms with Gasteiger partial charge in [0, 0.05) is 17.1 Å². The monoisotopic (exact) mass is 341 g/mol. The molecule has 0 radical (unpaired) electrons. The first-order valence-electron chi connectivity index (χ1n) is 7.74. The number of thiazole rings is 1. The van der Waals surface area contributed by atoms with Crippen molar-refractivity contribution in [2.24, 2.45) is 0 Å². The molecule has 4 nitrogen and oxygen atoms in total.